The van der Waals surface area contributed by atoms with Crippen LogP contribution in [0.15, 0.2) is 5.38 Å². The number of thioether (sulfide) groups is 1. The van der Waals surface area contributed by atoms with Gasteiger partial charge in [-0.3, -0.25) is 4.79 Å². The minimum absolute atomic E-state index is 0.0673. The Morgan fingerprint density at radius 2 is 2.11 bits per heavy atom. The molecule has 0 fully saturated rings. The maximum absolute atomic E-state index is 11.1. The van der Waals surface area contributed by atoms with Crippen LogP contribution in [-0.2, 0) is 16.0 Å². The molecule has 0 aliphatic heterocycles. The van der Waals surface area contributed by atoms with Crippen molar-refractivity contribution in [3.8, 4) is 0 Å². The van der Waals surface area contributed by atoms with Gasteiger partial charge in [0.1, 0.15) is 5.25 Å². The second kappa shape index (κ2) is 6.06. The minimum atomic E-state index is -0.735. The molecule has 0 saturated heterocycles. The lowest BCUT2D eigenvalue weighted by Crippen LogP contribution is -2.22. The Balaban J connectivity index is 2.63. The van der Waals surface area contributed by atoms with E-state index < -0.39 is 5.97 Å². The van der Waals surface area contributed by atoms with Crippen LogP contribution >= 0.6 is 23.1 Å². The molecule has 18 heavy (non-hydrogen) atoms. The van der Waals surface area contributed by atoms with Crippen LogP contribution in [-0.4, -0.2) is 21.3 Å². The third-order valence-electron chi connectivity index (χ3n) is 2.45. The Kier molecular flexibility index (Phi) is 5.22. The van der Waals surface area contributed by atoms with Gasteiger partial charge in [0.2, 0.25) is 0 Å². The molecule has 0 spiro atoms. The molecule has 0 saturated carbocycles. The van der Waals surface area contributed by atoms with Crippen molar-refractivity contribution < 1.29 is 9.90 Å². The first-order chi connectivity index (χ1) is 8.21. The van der Waals surface area contributed by atoms with E-state index in [-0.39, 0.29) is 16.6 Å². The second-order valence-electron chi connectivity index (χ2n) is 5.71. The molecule has 0 amide bonds. The SMILES string of the molecule is CC(C)C(SCc1csc(C(C)(C)C)n1)C(=O)O. The van der Waals surface area contributed by atoms with Crippen molar-refractivity contribution in [1.29, 1.82) is 0 Å². The van der Waals surface area contributed by atoms with E-state index in [9.17, 15) is 4.79 Å². The molecular formula is C13H21NO2S2. The first-order valence-corrected chi connectivity index (χ1v) is 7.94. The quantitative estimate of drug-likeness (QED) is 0.895. The van der Waals surface area contributed by atoms with Crippen molar-refractivity contribution in [3.63, 3.8) is 0 Å². The number of nitrogens with zero attached hydrogens (tertiary/aromatic N) is 1. The summed E-state index contributed by atoms with van der Waals surface area (Å²) in [5.74, 6) is 0.0661. The Morgan fingerprint density at radius 3 is 2.50 bits per heavy atom. The maximum Gasteiger partial charge on any atom is 0.316 e. The van der Waals surface area contributed by atoms with Gasteiger partial charge in [0.05, 0.1) is 10.7 Å². The topological polar surface area (TPSA) is 50.2 Å². The van der Waals surface area contributed by atoms with E-state index in [1.807, 2.05) is 19.2 Å². The van der Waals surface area contributed by atoms with Crippen LogP contribution in [0.25, 0.3) is 0 Å². The second-order valence-corrected chi connectivity index (χ2v) is 7.70. The fourth-order valence-electron chi connectivity index (χ4n) is 1.44. The lowest BCUT2D eigenvalue weighted by Gasteiger charge is -2.15. The number of thiazole rings is 1. The summed E-state index contributed by atoms with van der Waals surface area (Å²) >= 11 is 3.11. The zero-order valence-corrected chi connectivity index (χ0v) is 13.2. The molecule has 0 aliphatic rings. The Bertz CT molecular complexity index is 407. The minimum Gasteiger partial charge on any atom is -0.480 e. The van der Waals surface area contributed by atoms with Crippen LogP contribution in [0.4, 0.5) is 0 Å². The van der Waals surface area contributed by atoms with E-state index in [2.05, 4.69) is 25.8 Å². The van der Waals surface area contributed by atoms with Gasteiger partial charge in [-0.05, 0) is 5.92 Å². The van der Waals surface area contributed by atoms with Gasteiger partial charge in [-0.25, -0.2) is 4.98 Å². The van der Waals surface area contributed by atoms with Crippen LogP contribution in [0, 0.1) is 5.92 Å². The lowest BCUT2D eigenvalue weighted by atomic mass is 9.98. The highest BCUT2D eigenvalue weighted by Gasteiger charge is 2.23. The van der Waals surface area contributed by atoms with E-state index in [1.165, 1.54) is 11.8 Å². The van der Waals surface area contributed by atoms with E-state index >= 15 is 0 Å². The van der Waals surface area contributed by atoms with Crippen molar-refractivity contribution >= 4 is 29.1 Å². The molecule has 1 heterocycles. The third kappa shape index (κ3) is 4.28. The molecule has 1 aromatic rings. The molecule has 1 aromatic heterocycles. The summed E-state index contributed by atoms with van der Waals surface area (Å²) in [6.45, 7) is 10.3. The number of hydrogen-bond donors (Lipinski definition) is 1. The van der Waals surface area contributed by atoms with Gasteiger partial charge in [0.15, 0.2) is 0 Å². The van der Waals surface area contributed by atoms with Crippen molar-refractivity contribution in [3.05, 3.63) is 16.1 Å². The molecule has 1 unspecified atom stereocenters. The summed E-state index contributed by atoms with van der Waals surface area (Å²) in [5.41, 5.74) is 1.06. The zero-order valence-electron chi connectivity index (χ0n) is 11.6. The first-order valence-electron chi connectivity index (χ1n) is 6.01. The molecule has 1 rings (SSSR count). The van der Waals surface area contributed by atoms with Gasteiger partial charge in [-0.1, -0.05) is 34.6 Å². The number of aromatic nitrogens is 1. The highest BCUT2D eigenvalue weighted by molar-refractivity contribution is 7.99. The van der Waals surface area contributed by atoms with Crippen LogP contribution < -0.4 is 0 Å². The molecule has 0 radical (unpaired) electrons. The standard InChI is InChI=1S/C13H21NO2S2/c1-8(2)10(11(15)16)17-6-9-7-18-12(14-9)13(3,4)5/h7-8,10H,6H2,1-5H3,(H,15,16). The molecule has 1 N–H and O–H groups in total. The average Bonchev–Trinajstić information content (AvgIpc) is 2.64. The van der Waals surface area contributed by atoms with E-state index in [4.69, 9.17) is 5.11 Å². The fourth-order valence-corrected chi connectivity index (χ4v) is 3.48. The number of rotatable bonds is 5. The number of carboxylic acid groups (broad SMARTS) is 1. The molecule has 3 nitrogen and oxygen atoms in total. The van der Waals surface area contributed by atoms with Crippen LogP contribution in [0.2, 0.25) is 0 Å². The number of carboxylic acids is 1. The summed E-state index contributed by atoms with van der Waals surface area (Å²) in [4.78, 5) is 15.7. The first kappa shape index (κ1) is 15.5. The molecular weight excluding hydrogens is 266 g/mol. The predicted molar refractivity (Wildman–Crippen MR) is 78.4 cm³/mol. The lowest BCUT2D eigenvalue weighted by molar-refractivity contribution is -0.137. The van der Waals surface area contributed by atoms with Gasteiger partial charge >= 0.3 is 5.97 Å². The van der Waals surface area contributed by atoms with Crippen LogP contribution in [0.5, 0.6) is 0 Å². The fraction of sp³-hybridized carbons (Fsp3) is 0.692. The smallest absolute Gasteiger partial charge is 0.316 e. The monoisotopic (exact) mass is 287 g/mol. The Hall–Kier alpha value is -0.550. The van der Waals surface area contributed by atoms with Gasteiger partial charge in [0.25, 0.3) is 0 Å². The Morgan fingerprint density at radius 1 is 1.50 bits per heavy atom. The molecule has 1 atom stereocenters. The normalized spacial score (nSPS) is 13.9. The molecule has 0 aliphatic carbocycles. The summed E-state index contributed by atoms with van der Waals surface area (Å²) in [6.07, 6.45) is 0. The number of aliphatic carboxylic acids is 1. The van der Waals surface area contributed by atoms with Gasteiger partial charge in [0, 0.05) is 16.5 Å². The summed E-state index contributed by atoms with van der Waals surface area (Å²) in [7, 11) is 0. The summed E-state index contributed by atoms with van der Waals surface area (Å²) in [6, 6.07) is 0. The van der Waals surface area contributed by atoms with E-state index in [1.54, 1.807) is 11.3 Å². The Labute approximate surface area is 117 Å². The van der Waals surface area contributed by atoms with Crippen LogP contribution in [0.3, 0.4) is 0 Å². The van der Waals surface area contributed by atoms with Crippen molar-refractivity contribution in [2.45, 2.75) is 51.0 Å². The number of carbonyl (C=O) groups is 1. The average molecular weight is 287 g/mol. The largest absolute Gasteiger partial charge is 0.480 e. The number of hydrogen-bond acceptors (Lipinski definition) is 4. The van der Waals surface area contributed by atoms with Gasteiger partial charge < -0.3 is 5.11 Å². The third-order valence-corrected chi connectivity index (χ3v) is 5.34. The van der Waals surface area contributed by atoms with Crippen molar-refractivity contribution in [2.24, 2.45) is 5.92 Å². The van der Waals surface area contributed by atoms with Crippen molar-refractivity contribution in [2.75, 3.05) is 0 Å². The van der Waals surface area contributed by atoms with Gasteiger partial charge in [-0.2, -0.15) is 0 Å². The molecule has 102 valence electrons. The van der Waals surface area contributed by atoms with Crippen molar-refractivity contribution in [1.82, 2.24) is 4.98 Å². The summed E-state index contributed by atoms with van der Waals surface area (Å²) < 4.78 is 0. The maximum atomic E-state index is 11.1. The van der Waals surface area contributed by atoms with E-state index in [0.717, 1.165) is 10.7 Å². The molecule has 5 heteroatoms. The van der Waals surface area contributed by atoms with E-state index in [0.29, 0.717) is 5.75 Å². The highest BCUT2D eigenvalue weighted by Crippen LogP contribution is 2.29. The van der Waals surface area contributed by atoms with Crippen LogP contribution in [0.1, 0.15) is 45.3 Å². The van der Waals surface area contributed by atoms with Gasteiger partial charge in [-0.15, -0.1) is 23.1 Å². The predicted octanol–water partition coefficient (Wildman–Crippen LogP) is 3.78. The molecule has 0 aromatic carbocycles. The highest BCUT2D eigenvalue weighted by atomic mass is 32.2. The zero-order chi connectivity index (χ0) is 13.9. The molecule has 0 bridgehead atoms. The summed E-state index contributed by atoms with van der Waals surface area (Å²) in [5, 5.41) is 11.9.